The number of hydrogen-bond donors (Lipinski definition) is 2. The third kappa shape index (κ3) is 1.48. The Bertz CT molecular complexity index is 136. The molecule has 1 aliphatic heterocycles. The van der Waals surface area contributed by atoms with Gasteiger partial charge in [-0.15, -0.1) is 0 Å². The van der Waals surface area contributed by atoms with E-state index in [0.717, 1.165) is 13.0 Å². The zero-order valence-corrected chi connectivity index (χ0v) is 6.48. The maximum Gasteiger partial charge on any atom is 0.237 e. The van der Waals surface area contributed by atoms with Crippen molar-refractivity contribution in [3.05, 3.63) is 0 Å². The second-order valence-corrected chi connectivity index (χ2v) is 2.93. The molecule has 0 aromatic heterocycles. The average molecular weight is 142 g/mol. The third-order valence-corrected chi connectivity index (χ3v) is 1.93. The second kappa shape index (κ2) is 3.01. The fourth-order valence-electron chi connectivity index (χ4n) is 1.24. The molecule has 10 heavy (non-hydrogen) atoms. The van der Waals surface area contributed by atoms with Gasteiger partial charge in [0.05, 0.1) is 6.04 Å². The lowest BCUT2D eigenvalue weighted by molar-refractivity contribution is -0.125. The van der Waals surface area contributed by atoms with Crippen molar-refractivity contribution in [1.82, 2.24) is 10.6 Å². The first kappa shape index (κ1) is 7.54. The molecular formula is C7H14N2O. The minimum atomic E-state index is 0.0312. The Kier molecular flexibility index (Phi) is 2.27. The minimum Gasteiger partial charge on any atom is -0.354 e. The van der Waals surface area contributed by atoms with Gasteiger partial charge in [-0.05, 0) is 19.4 Å². The lowest BCUT2D eigenvalue weighted by Crippen LogP contribution is -2.49. The molecule has 2 N–H and O–H groups in total. The van der Waals surface area contributed by atoms with Crippen molar-refractivity contribution >= 4 is 5.91 Å². The van der Waals surface area contributed by atoms with Gasteiger partial charge in [-0.2, -0.15) is 0 Å². The number of carbonyl (C=O) groups excluding carboxylic acids is 1. The number of likely N-dealkylation sites (N-methyl/N-ethyl adjacent to an activating group) is 1. The van der Waals surface area contributed by atoms with Crippen molar-refractivity contribution in [3.63, 3.8) is 0 Å². The van der Waals surface area contributed by atoms with E-state index in [9.17, 15) is 4.79 Å². The topological polar surface area (TPSA) is 41.1 Å². The smallest absolute Gasteiger partial charge is 0.237 e. The van der Waals surface area contributed by atoms with E-state index in [1.807, 2.05) is 7.05 Å². The van der Waals surface area contributed by atoms with Crippen molar-refractivity contribution in [2.45, 2.75) is 19.4 Å². The number of piperidine rings is 1. The van der Waals surface area contributed by atoms with Gasteiger partial charge in [0.25, 0.3) is 0 Å². The van der Waals surface area contributed by atoms with E-state index in [1.54, 1.807) is 0 Å². The molecule has 0 saturated carbocycles. The van der Waals surface area contributed by atoms with E-state index in [1.165, 1.54) is 0 Å². The maximum absolute atomic E-state index is 11.0. The zero-order valence-electron chi connectivity index (χ0n) is 6.48. The van der Waals surface area contributed by atoms with Crippen molar-refractivity contribution in [1.29, 1.82) is 0 Å². The SMILES string of the molecule is CNC1CC(C)CNC1=O. The Morgan fingerprint density at radius 3 is 2.90 bits per heavy atom. The normalized spacial score (nSPS) is 33.6. The Morgan fingerprint density at radius 2 is 2.40 bits per heavy atom. The molecular weight excluding hydrogens is 128 g/mol. The Hall–Kier alpha value is -0.570. The van der Waals surface area contributed by atoms with Crippen LogP contribution in [0.3, 0.4) is 0 Å². The van der Waals surface area contributed by atoms with Crippen LogP contribution in [0, 0.1) is 5.92 Å². The molecule has 1 amide bonds. The fourth-order valence-corrected chi connectivity index (χ4v) is 1.24. The summed E-state index contributed by atoms with van der Waals surface area (Å²) in [5.74, 6) is 0.746. The zero-order chi connectivity index (χ0) is 7.56. The molecule has 58 valence electrons. The van der Waals surface area contributed by atoms with Crippen molar-refractivity contribution in [3.8, 4) is 0 Å². The van der Waals surface area contributed by atoms with Crippen LogP contribution in [0.1, 0.15) is 13.3 Å². The third-order valence-electron chi connectivity index (χ3n) is 1.93. The monoisotopic (exact) mass is 142 g/mol. The number of carbonyl (C=O) groups is 1. The van der Waals surface area contributed by atoms with Crippen LogP contribution in [0.5, 0.6) is 0 Å². The molecule has 0 aromatic carbocycles. The summed E-state index contributed by atoms with van der Waals surface area (Å²) in [6.07, 6.45) is 0.961. The van der Waals surface area contributed by atoms with Gasteiger partial charge < -0.3 is 10.6 Å². The summed E-state index contributed by atoms with van der Waals surface area (Å²) in [6, 6.07) is 0.0312. The van der Waals surface area contributed by atoms with Gasteiger partial charge in [-0.25, -0.2) is 0 Å². The molecule has 0 bridgehead atoms. The van der Waals surface area contributed by atoms with Gasteiger partial charge >= 0.3 is 0 Å². The molecule has 0 aromatic rings. The summed E-state index contributed by atoms with van der Waals surface area (Å²) in [6.45, 7) is 2.97. The van der Waals surface area contributed by atoms with Crippen LogP contribution in [-0.4, -0.2) is 25.5 Å². The van der Waals surface area contributed by atoms with Crippen LogP contribution in [-0.2, 0) is 4.79 Å². The van der Waals surface area contributed by atoms with Gasteiger partial charge in [0, 0.05) is 6.54 Å². The number of rotatable bonds is 1. The van der Waals surface area contributed by atoms with Crippen LogP contribution in [0.25, 0.3) is 0 Å². The first-order valence-corrected chi connectivity index (χ1v) is 3.69. The minimum absolute atomic E-state index is 0.0312. The standard InChI is InChI=1S/C7H14N2O/c1-5-3-6(8-2)7(10)9-4-5/h5-6,8H,3-4H2,1-2H3,(H,9,10). The molecule has 3 nitrogen and oxygen atoms in total. The first-order chi connectivity index (χ1) is 4.74. The van der Waals surface area contributed by atoms with E-state index in [-0.39, 0.29) is 11.9 Å². The molecule has 1 rings (SSSR count). The van der Waals surface area contributed by atoms with Gasteiger partial charge in [0.2, 0.25) is 5.91 Å². The molecule has 1 heterocycles. The van der Waals surface area contributed by atoms with Crippen molar-refractivity contribution < 1.29 is 4.79 Å². The van der Waals surface area contributed by atoms with Crippen LogP contribution in [0.2, 0.25) is 0 Å². The van der Waals surface area contributed by atoms with Crippen LogP contribution >= 0.6 is 0 Å². The summed E-state index contributed by atoms with van der Waals surface area (Å²) in [5.41, 5.74) is 0. The van der Waals surface area contributed by atoms with Gasteiger partial charge in [0.15, 0.2) is 0 Å². The predicted molar refractivity (Wildman–Crippen MR) is 39.6 cm³/mol. The Balaban J connectivity index is 2.45. The summed E-state index contributed by atoms with van der Waals surface area (Å²) >= 11 is 0. The maximum atomic E-state index is 11.0. The van der Waals surface area contributed by atoms with E-state index in [2.05, 4.69) is 17.6 Å². The van der Waals surface area contributed by atoms with Crippen LogP contribution in [0.15, 0.2) is 0 Å². The number of hydrogen-bond acceptors (Lipinski definition) is 2. The lowest BCUT2D eigenvalue weighted by atomic mass is 9.97. The van der Waals surface area contributed by atoms with E-state index in [0.29, 0.717) is 5.92 Å². The molecule has 2 unspecified atom stereocenters. The summed E-state index contributed by atoms with van der Waals surface area (Å²) in [5, 5.41) is 5.80. The second-order valence-electron chi connectivity index (χ2n) is 2.93. The fraction of sp³-hybridized carbons (Fsp3) is 0.857. The highest BCUT2D eigenvalue weighted by Gasteiger charge is 2.23. The molecule has 1 fully saturated rings. The number of nitrogens with one attached hydrogen (secondary N) is 2. The van der Waals surface area contributed by atoms with E-state index in [4.69, 9.17) is 0 Å². The molecule has 3 heteroatoms. The first-order valence-electron chi connectivity index (χ1n) is 3.69. The molecule has 0 spiro atoms. The molecule has 0 radical (unpaired) electrons. The molecule has 2 atom stereocenters. The molecule has 0 aliphatic carbocycles. The predicted octanol–water partition coefficient (Wildman–Crippen LogP) is -0.270. The van der Waals surface area contributed by atoms with Gasteiger partial charge in [0.1, 0.15) is 0 Å². The average Bonchev–Trinajstić information content (AvgIpc) is 1.94. The van der Waals surface area contributed by atoms with Gasteiger partial charge in [-0.1, -0.05) is 6.92 Å². The quantitative estimate of drug-likeness (QED) is 0.529. The van der Waals surface area contributed by atoms with Crippen LogP contribution in [0.4, 0.5) is 0 Å². The summed E-state index contributed by atoms with van der Waals surface area (Å²) < 4.78 is 0. The van der Waals surface area contributed by atoms with Crippen LogP contribution < -0.4 is 10.6 Å². The number of amides is 1. The Labute approximate surface area is 61.2 Å². The summed E-state index contributed by atoms with van der Waals surface area (Å²) in [4.78, 5) is 11.0. The highest BCUT2D eigenvalue weighted by Crippen LogP contribution is 2.09. The lowest BCUT2D eigenvalue weighted by Gasteiger charge is -2.26. The van der Waals surface area contributed by atoms with Crippen molar-refractivity contribution in [2.75, 3.05) is 13.6 Å². The van der Waals surface area contributed by atoms with E-state index < -0.39 is 0 Å². The molecule has 1 aliphatic rings. The van der Waals surface area contributed by atoms with E-state index >= 15 is 0 Å². The van der Waals surface area contributed by atoms with Gasteiger partial charge in [-0.3, -0.25) is 4.79 Å². The summed E-state index contributed by atoms with van der Waals surface area (Å²) in [7, 11) is 1.82. The largest absolute Gasteiger partial charge is 0.354 e. The Morgan fingerprint density at radius 1 is 1.70 bits per heavy atom. The highest BCUT2D eigenvalue weighted by molar-refractivity contribution is 5.82. The highest BCUT2D eigenvalue weighted by atomic mass is 16.2. The molecule has 1 saturated heterocycles. The van der Waals surface area contributed by atoms with Crippen molar-refractivity contribution in [2.24, 2.45) is 5.92 Å².